The number of fused-ring (bicyclic) bond motifs is 1. The lowest BCUT2D eigenvalue weighted by Gasteiger charge is -2.29. The highest BCUT2D eigenvalue weighted by Crippen LogP contribution is 2.29. The van der Waals surface area contributed by atoms with Crippen molar-refractivity contribution in [1.29, 1.82) is 0 Å². The van der Waals surface area contributed by atoms with Gasteiger partial charge in [0.2, 0.25) is 12.4 Å². The molecule has 0 spiro atoms. The van der Waals surface area contributed by atoms with Crippen molar-refractivity contribution in [2.24, 2.45) is 4.99 Å². The number of rotatable bonds is 5. The van der Waals surface area contributed by atoms with Crippen molar-refractivity contribution < 1.29 is 8.78 Å². The second kappa shape index (κ2) is 11.3. The maximum atomic E-state index is 10.8. The van der Waals surface area contributed by atoms with E-state index in [0.717, 1.165) is 65.3 Å². The van der Waals surface area contributed by atoms with Crippen LogP contribution in [0.1, 0.15) is 45.7 Å². The fraction of sp³-hybridized carbons (Fsp3) is 0.500. The summed E-state index contributed by atoms with van der Waals surface area (Å²) in [7, 11) is 2.16. The zero-order chi connectivity index (χ0) is 24.0. The van der Waals surface area contributed by atoms with Crippen LogP contribution in [0.5, 0.6) is 0 Å². The first-order chi connectivity index (χ1) is 15.8. The number of aliphatic imine (C=N–C) groups is 1. The predicted molar refractivity (Wildman–Crippen MR) is 131 cm³/mol. The van der Waals surface area contributed by atoms with Crippen molar-refractivity contribution in [2.75, 3.05) is 25.5 Å². The molecule has 3 aromatic rings. The van der Waals surface area contributed by atoms with E-state index in [9.17, 15) is 8.78 Å². The van der Waals surface area contributed by atoms with Crippen LogP contribution in [-0.4, -0.2) is 63.2 Å². The molecule has 33 heavy (non-hydrogen) atoms. The summed E-state index contributed by atoms with van der Waals surface area (Å²) in [4.78, 5) is 24.1. The first-order valence-electron chi connectivity index (χ1n) is 11.3. The topological polar surface area (TPSA) is 82.1 Å². The minimum Gasteiger partial charge on any atom is -0.351 e. The van der Waals surface area contributed by atoms with Crippen molar-refractivity contribution >= 4 is 28.4 Å². The normalized spacial score (nSPS) is 14.8. The van der Waals surface area contributed by atoms with Crippen LogP contribution in [0, 0.1) is 6.92 Å². The molecular formula is C24H33F2N7. The summed E-state index contributed by atoms with van der Waals surface area (Å²) in [6.07, 6.45) is 3.92. The molecule has 0 amide bonds. The van der Waals surface area contributed by atoms with E-state index in [4.69, 9.17) is 4.98 Å². The standard InChI is InChI=1S/C21H27N7.C3H6F2/c1-13(2)24-18-5-6-19(25-14(18)3)16-11-22-20-17(16)12-23-21(27-20)26-15-7-9-28(4)10-8-15;1-2-3(4)5/h5-6,11-12,15H,7-10H2,1-4H3,(H2,22,23,26,27);3H,2H2,1H3. The highest BCUT2D eigenvalue weighted by Gasteiger charge is 2.18. The van der Waals surface area contributed by atoms with Gasteiger partial charge in [-0.1, -0.05) is 6.92 Å². The van der Waals surface area contributed by atoms with E-state index in [0.29, 0.717) is 12.0 Å². The third-order valence-electron chi connectivity index (χ3n) is 5.47. The monoisotopic (exact) mass is 457 g/mol. The number of H-pyrrole nitrogens is 1. The van der Waals surface area contributed by atoms with Crippen molar-refractivity contribution in [2.45, 2.75) is 59.4 Å². The van der Waals surface area contributed by atoms with Gasteiger partial charge in [-0.2, -0.15) is 4.98 Å². The summed E-state index contributed by atoms with van der Waals surface area (Å²) in [5, 5.41) is 4.45. The number of aromatic amines is 1. The van der Waals surface area contributed by atoms with E-state index in [-0.39, 0.29) is 6.42 Å². The molecule has 1 aliphatic rings. The van der Waals surface area contributed by atoms with Gasteiger partial charge < -0.3 is 15.2 Å². The number of nitrogens with one attached hydrogen (secondary N) is 2. The Balaban J connectivity index is 0.000000555. The molecular weight excluding hydrogens is 424 g/mol. The highest BCUT2D eigenvalue weighted by molar-refractivity contribution is 5.92. The first-order valence-corrected chi connectivity index (χ1v) is 11.3. The number of pyridine rings is 1. The van der Waals surface area contributed by atoms with Crippen molar-refractivity contribution in [3.63, 3.8) is 0 Å². The minimum absolute atomic E-state index is 0.0278. The summed E-state index contributed by atoms with van der Waals surface area (Å²) in [6, 6.07) is 4.45. The Kier molecular flexibility index (Phi) is 8.43. The maximum Gasteiger partial charge on any atom is 0.238 e. The molecule has 7 nitrogen and oxygen atoms in total. The molecule has 4 heterocycles. The molecule has 0 aromatic carbocycles. The Morgan fingerprint density at radius 2 is 1.94 bits per heavy atom. The molecule has 0 radical (unpaired) electrons. The Hall–Kier alpha value is -2.94. The fourth-order valence-electron chi connectivity index (χ4n) is 3.59. The Morgan fingerprint density at radius 1 is 1.24 bits per heavy atom. The predicted octanol–water partition coefficient (Wildman–Crippen LogP) is 5.61. The van der Waals surface area contributed by atoms with Crippen LogP contribution < -0.4 is 5.32 Å². The molecule has 1 aliphatic heterocycles. The number of alkyl halides is 2. The second-order valence-electron chi connectivity index (χ2n) is 8.54. The molecule has 1 saturated heterocycles. The van der Waals surface area contributed by atoms with Gasteiger partial charge in [0.05, 0.1) is 17.1 Å². The van der Waals surface area contributed by atoms with Gasteiger partial charge in [0.15, 0.2) is 0 Å². The Morgan fingerprint density at radius 3 is 2.55 bits per heavy atom. The summed E-state index contributed by atoms with van der Waals surface area (Å²) in [6.45, 7) is 9.62. The molecule has 4 rings (SSSR count). The molecule has 1 fully saturated rings. The van der Waals surface area contributed by atoms with Crippen LogP contribution >= 0.6 is 0 Å². The highest BCUT2D eigenvalue weighted by atomic mass is 19.3. The minimum atomic E-state index is -2.12. The van der Waals surface area contributed by atoms with E-state index in [1.807, 2.05) is 45.3 Å². The third-order valence-corrected chi connectivity index (χ3v) is 5.47. The van der Waals surface area contributed by atoms with Gasteiger partial charge in [-0.3, -0.25) is 9.98 Å². The molecule has 0 unspecified atom stereocenters. The number of halogens is 2. The van der Waals surface area contributed by atoms with Gasteiger partial charge in [-0.25, -0.2) is 13.8 Å². The molecule has 0 aliphatic carbocycles. The van der Waals surface area contributed by atoms with Gasteiger partial charge in [-0.05, 0) is 65.9 Å². The van der Waals surface area contributed by atoms with Gasteiger partial charge in [0, 0.05) is 41.5 Å². The molecule has 3 aromatic heterocycles. The van der Waals surface area contributed by atoms with E-state index < -0.39 is 6.43 Å². The zero-order valence-corrected chi connectivity index (χ0v) is 20.0. The maximum absolute atomic E-state index is 10.8. The first kappa shape index (κ1) is 24.7. The molecule has 0 bridgehead atoms. The van der Waals surface area contributed by atoms with Crippen LogP contribution in [0.4, 0.5) is 20.4 Å². The van der Waals surface area contributed by atoms with Crippen molar-refractivity contribution in [1.82, 2.24) is 24.8 Å². The van der Waals surface area contributed by atoms with Crippen LogP contribution in [0.3, 0.4) is 0 Å². The average molecular weight is 458 g/mol. The number of aryl methyl sites for hydroxylation is 1. The average Bonchev–Trinajstić information content (AvgIpc) is 3.20. The third kappa shape index (κ3) is 6.77. The van der Waals surface area contributed by atoms with E-state index >= 15 is 0 Å². The van der Waals surface area contributed by atoms with Crippen LogP contribution in [0.15, 0.2) is 29.5 Å². The van der Waals surface area contributed by atoms with E-state index in [1.54, 1.807) is 0 Å². The van der Waals surface area contributed by atoms with Gasteiger partial charge in [0.25, 0.3) is 0 Å². The van der Waals surface area contributed by atoms with Gasteiger partial charge >= 0.3 is 0 Å². The lowest BCUT2D eigenvalue weighted by atomic mass is 10.1. The quantitative estimate of drug-likeness (QED) is 0.487. The zero-order valence-electron chi connectivity index (χ0n) is 20.0. The van der Waals surface area contributed by atoms with Crippen LogP contribution in [0.2, 0.25) is 0 Å². The lowest BCUT2D eigenvalue weighted by molar-refractivity contribution is 0.144. The Bertz CT molecular complexity index is 1080. The lowest BCUT2D eigenvalue weighted by Crippen LogP contribution is -2.37. The molecule has 178 valence electrons. The molecule has 9 heteroatoms. The summed E-state index contributed by atoms with van der Waals surface area (Å²) in [5.41, 5.74) is 5.57. The van der Waals surface area contributed by atoms with Crippen LogP contribution in [0.25, 0.3) is 22.3 Å². The largest absolute Gasteiger partial charge is 0.351 e. The number of anilines is 1. The summed E-state index contributed by atoms with van der Waals surface area (Å²) in [5.74, 6) is 0.683. The molecule has 2 N–H and O–H groups in total. The number of piperidine rings is 1. The second-order valence-corrected chi connectivity index (χ2v) is 8.54. The van der Waals surface area contributed by atoms with Crippen molar-refractivity contribution in [3.05, 3.63) is 30.2 Å². The number of aromatic nitrogens is 4. The van der Waals surface area contributed by atoms with Gasteiger partial charge in [0.1, 0.15) is 5.65 Å². The fourth-order valence-corrected chi connectivity index (χ4v) is 3.59. The number of hydrogen-bond acceptors (Lipinski definition) is 6. The van der Waals surface area contributed by atoms with Gasteiger partial charge in [-0.15, -0.1) is 0 Å². The number of hydrogen-bond donors (Lipinski definition) is 2. The SMILES string of the molecule is CC(C)=Nc1ccc(-c2c[nH]c3nc(NC4CCN(C)CC4)ncc23)nc1C.CCC(F)F. The smallest absolute Gasteiger partial charge is 0.238 e. The summed E-state index contributed by atoms with van der Waals surface area (Å²) >= 11 is 0. The van der Waals surface area contributed by atoms with Crippen LogP contribution in [-0.2, 0) is 0 Å². The Labute approximate surface area is 193 Å². The molecule has 0 atom stereocenters. The van der Waals surface area contributed by atoms with E-state index in [2.05, 4.69) is 37.2 Å². The van der Waals surface area contributed by atoms with Crippen molar-refractivity contribution in [3.8, 4) is 11.3 Å². The number of likely N-dealkylation sites (tertiary alicyclic amines) is 1. The number of nitrogens with zero attached hydrogens (tertiary/aromatic N) is 5. The molecule has 0 saturated carbocycles. The van der Waals surface area contributed by atoms with E-state index in [1.165, 1.54) is 6.92 Å². The summed E-state index contributed by atoms with van der Waals surface area (Å²) < 4.78 is 21.5.